The molecule has 1 aromatic heterocycles. The Hall–Kier alpha value is -3.27. The molecule has 10 heteroatoms. The average Bonchev–Trinajstić information content (AvgIpc) is 3.27. The summed E-state index contributed by atoms with van der Waals surface area (Å²) in [5, 5.41) is 9.26. The quantitative estimate of drug-likeness (QED) is 0.321. The summed E-state index contributed by atoms with van der Waals surface area (Å²) in [6.45, 7) is -0.271. The normalized spacial score (nSPS) is 13.9. The van der Waals surface area contributed by atoms with E-state index in [1.807, 2.05) is 0 Å². The zero-order valence-corrected chi connectivity index (χ0v) is 19.5. The van der Waals surface area contributed by atoms with Gasteiger partial charge in [-0.15, -0.1) is 0 Å². The van der Waals surface area contributed by atoms with Crippen molar-refractivity contribution in [3.8, 4) is 5.88 Å². The minimum atomic E-state index is -4.66. The number of alkyl halides is 3. The van der Waals surface area contributed by atoms with Crippen LogP contribution in [0.5, 0.6) is 5.88 Å². The third-order valence-corrected chi connectivity index (χ3v) is 6.14. The summed E-state index contributed by atoms with van der Waals surface area (Å²) >= 11 is 3.16. The van der Waals surface area contributed by atoms with Gasteiger partial charge in [0.1, 0.15) is 18.2 Å². The number of allylic oxidation sites excluding steroid dienone is 2. The number of pyridine rings is 1. The van der Waals surface area contributed by atoms with Crippen molar-refractivity contribution < 1.29 is 36.6 Å². The van der Waals surface area contributed by atoms with Crippen molar-refractivity contribution in [3.05, 3.63) is 92.6 Å². The van der Waals surface area contributed by atoms with E-state index < -0.39 is 34.9 Å². The second kappa shape index (κ2) is 9.77. The number of halogens is 6. The number of hydrogen-bond acceptors (Lipinski definition) is 3. The molecule has 0 spiro atoms. The average molecular weight is 554 g/mol. The molecule has 1 N–H and O–H groups in total. The molecule has 4 nitrogen and oxygen atoms in total. The van der Waals surface area contributed by atoms with Crippen LogP contribution in [-0.2, 0) is 12.8 Å². The van der Waals surface area contributed by atoms with Crippen molar-refractivity contribution in [1.82, 2.24) is 4.98 Å². The number of hydrogen-bond donors (Lipinski definition) is 1. The van der Waals surface area contributed by atoms with Crippen LogP contribution in [0, 0.1) is 11.6 Å². The lowest BCUT2D eigenvalue weighted by Gasteiger charge is -2.16. The second-order valence-corrected chi connectivity index (χ2v) is 8.82. The molecule has 0 atom stereocenters. The molecule has 0 amide bonds. The second-order valence-electron chi connectivity index (χ2n) is 7.91. The van der Waals surface area contributed by atoms with Gasteiger partial charge in [0.2, 0.25) is 5.88 Å². The van der Waals surface area contributed by atoms with Gasteiger partial charge in [-0.1, -0.05) is 28.1 Å². The van der Waals surface area contributed by atoms with Crippen LogP contribution in [0.25, 0.3) is 11.1 Å². The highest BCUT2D eigenvalue weighted by Gasteiger charge is 2.33. The van der Waals surface area contributed by atoms with Gasteiger partial charge >= 0.3 is 12.1 Å². The first-order valence-corrected chi connectivity index (χ1v) is 11.2. The lowest BCUT2D eigenvalue weighted by atomic mass is 9.95. The minimum Gasteiger partial charge on any atom is -0.478 e. The first kappa shape index (κ1) is 24.8. The minimum absolute atomic E-state index is 0.0750. The lowest BCUT2D eigenvalue weighted by molar-refractivity contribution is -0.137. The predicted molar refractivity (Wildman–Crippen MR) is 122 cm³/mol. The van der Waals surface area contributed by atoms with E-state index in [0.29, 0.717) is 46.6 Å². The largest absolute Gasteiger partial charge is 0.478 e. The molecule has 0 aliphatic heterocycles. The molecule has 1 aliphatic carbocycles. The monoisotopic (exact) mass is 553 g/mol. The Morgan fingerprint density at radius 1 is 1.03 bits per heavy atom. The maximum Gasteiger partial charge on any atom is 0.417 e. The van der Waals surface area contributed by atoms with Crippen molar-refractivity contribution in [2.24, 2.45) is 0 Å². The van der Waals surface area contributed by atoms with Crippen LogP contribution in [0.2, 0.25) is 0 Å². The number of rotatable bonds is 6. The van der Waals surface area contributed by atoms with Gasteiger partial charge in [-0.05, 0) is 66.3 Å². The molecule has 0 bridgehead atoms. The van der Waals surface area contributed by atoms with E-state index in [1.165, 1.54) is 18.2 Å². The van der Waals surface area contributed by atoms with Crippen molar-refractivity contribution >= 4 is 33.0 Å². The van der Waals surface area contributed by atoms with E-state index in [9.17, 15) is 31.9 Å². The van der Waals surface area contributed by atoms with Crippen LogP contribution in [0.3, 0.4) is 0 Å². The fourth-order valence-electron chi connectivity index (χ4n) is 3.96. The number of carboxylic acid groups (broad SMARTS) is 1. The Bertz CT molecular complexity index is 1340. The molecule has 182 valence electrons. The summed E-state index contributed by atoms with van der Waals surface area (Å²) in [5.41, 5.74) is 0.186. The molecule has 1 aliphatic rings. The molecule has 1 heterocycles. The predicted octanol–water partition coefficient (Wildman–Crippen LogP) is 7.51. The van der Waals surface area contributed by atoms with Gasteiger partial charge < -0.3 is 9.84 Å². The molecule has 2 aromatic carbocycles. The Morgan fingerprint density at radius 2 is 1.77 bits per heavy atom. The number of nitrogens with zero attached hydrogens (tertiary/aromatic N) is 1. The van der Waals surface area contributed by atoms with Crippen molar-refractivity contribution in [3.63, 3.8) is 0 Å². The van der Waals surface area contributed by atoms with Gasteiger partial charge in [-0.2, -0.15) is 13.2 Å². The number of aromatic carboxylic acids is 1. The van der Waals surface area contributed by atoms with Gasteiger partial charge in [-0.3, -0.25) is 0 Å². The maximum atomic E-state index is 14.2. The summed E-state index contributed by atoms with van der Waals surface area (Å²) in [5.74, 6) is -3.04. The highest BCUT2D eigenvalue weighted by Crippen LogP contribution is 2.44. The van der Waals surface area contributed by atoms with Gasteiger partial charge in [0.15, 0.2) is 0 Å². The smallest absolute Gasteiger partial charge is 0.417 e. The Kier molecular flexibility index (Phi) is 6.93. The molecule has 0 radical (unpaired) electrons. The third-order valence-electron chi connectivity index (χ3n) is 5.65. The van der Waals surface area contributed by atoms with Gasteiger partial charge in [-0.25, -0.2) is 18.6 Å². The van der Waals surface area contributed by atoms with Crippen molar-refractivity contribution in [2.45, 2.75) is 32.0 Å². The van der Waals surface area contributed by atoms with E-state index in [4.69, 9.17) is 4.74 Å². The molecular formula is C25H17BrF5NO3. The summed E-state index contributed by atoms with van der Waals surface area (Å²) in [7, 11) is 0. The van der Waals surface area contributed by atoms with E-state index in [-0.39, 0.29) is 23.6 Å². The van der Waals surface area contributed by atoms with Crippen molar-refractivity contribution in [1.29, 1.82) is 0 Å². The first-order chi connectivity index (χ1) is 16.5. The molecule has 0 fully saturated rings. The maximum absolute atomic E-state index is 14.2. The molecule has 3 aromatic rings. The number of carbonyl (C=O) groups is 1. The Balaban J connectivity index is 1.80. The molecule has 0 saturated carbocycles. The highest BCUT2D eigenvalue weighted by molar-refractivity contribution is 9.10. The lowest BCUT2D eigenvalue weighted by Crippen LogP contribution is -2.09. The number of carboxylic acids is 1. The molecule has 35 heavy (non-hydrogen) atoms. The summed E-state index contributed by atoms with van der Waals surface area (Å²) in [4.78, 5) is 15.3. The van der Waals surface area contributed by atoms with Crippen LogP contribution < -0.4 is 4.74 Å². The first-order valence-electron chi connectivity index (χ1n) is 10.4. The van der Waals surface area contributed by atoms with E-state index in [2.05, 4.69) is 20.9 Å². The Morgan fingerprint density at radius 3 is 2.46 bits per heavy atom. The number of ether oxygens (including phenoxy) is 1. The standard InChI is InChI=1S/C25H17BrF5NO3/c26-16-6-4-14(22(28)10-16)12-35-23-19(9-15(11-32-23)25(29,30)31)18-3-1-2-17(18)13-5-7-21(27)20(8-13)24(33)34/h4-11H,1-3,12H2,(H,33,34). The molecule has 0 saturated heterocycles. The van der Waals surface area contributed by atoms with E-state index in [1.54, 1.807) is 6.07 Å². The molecular weight excluding hydrogens is 537 g/mol. The molecule has 0 unspecified atom stereocenters. The fourth-order valence-corrected chi connectivity index (χ4v) is 4.29. The summed E-state index contributed by atoms with van der Waals surface area (Å²) < 4.78 is 74.8. The third kappa shape index (κ3) is 5.37. The van der Waals surface area contributed by atoms with Gasteiger partial charge in [0.25, 0.3) is 0 Å². The zero-order chi connectivity index (χ0) is 25.3. The van der Waals surface area contributed by atoms with Crippen LogP contribution in [0.1, 0.15) is 51.9 Å². The molecule has 4 rings (SSSR count). The number of benzene rings is 2. The van der Waals surface area contributed by atoms with Gasteiger partial charge in [0, 0.05) is 21.8 Å². The van der Waals surface area contributed by atoms with Crippen LogP contribution >= 0.6 is 15.9 Å². The van der Waals surface area contributed by atoms with E-state index in [0.717, 1.165) is 18.2 Å². The SMILES string of the molecule is O=C(O)c1cc(C2=C(c3cc(C(F)(F)F)cnc3OCc3ccc(Br)cc3F)CCC2)ccc1F. The zero-order valence-electron chi connectivity index (χ0n) is 17.9. The topological polar surface area (TPSA) is 59.4 Å². The van der Waals surface area contributed by atoms with Gasteiger partial charge in [0.05, 0.1) is 11.1 Å². The fraction of sp³-hybridized carbons (Fsp3) is 0.200. The number of aromatic nitrogens is 1. The highest BCUT2D eigenvalue weighted by atomic mass is 79.9. The Labute approximate surface area is 205 Å². The van der Waals surface area contributed by atoms with Crippen LogP contribution in [0.4, 0.5) is 22.0 Å². The summed E-state index contributed by atoms with van der Waals surface area (Å²) in [6.07, 6.45) is -2.62. The van der Waals surface area contributed by atoms with Crippen molar-refractivity contribution in [2.75, 3.05) is 0 Å². The summed E-state index contributed by atoms with van der Waals surface area (Å²) in [6, 6.07) is 8.82. The van der Waals surface area contributed by atoms with Crippen LogP contribution in [-0.4, -0.2) is 16.1 Å². The van der Waals surface area contributed by atoms with E-state index >= 15 is 0 Å². The van der Waals surface area contributed by atoms with Crippen LogP contribution in [0.15, 0.2) is 53.1 Å².